The van der Waals surface area contributed by atoms with E-state index in [-0.39, 0.29) is 6.61 Å². The fourth-order valence-corrected chi connectivity index (χ4v) is 1.24. The molecule has 1 heterocycles. The van der Waals surface area contributed by atoms with Crippen LogP contribution in [0, 0.1) is 0 Å². The molecule has 0 unspecified atom stereocenters. The lowest BCUT2D eigenvalue weighted by Gasteiger charge is -1.88. The maximum absolute atomic E-state index is 8.48. The summed E-state index contributed by atoms with van der Waals surface area (Å²) in [6.45, 7) is 2.24. The smallest absolute Gasteiger partial charge is 0.390 e. The van der Waals surface area contributed by atoms with Crippen LogP contribution in [0.3, 0.4) is 0 Å². The van der Waals surface area contributed by atoms with Crippen molar-refractivity contribution in [3.8, 4) is 0 Å². The highest BCUT2D eigenvalue weighted by Gasteiger charge is 2.19. The number of hydrogen-bond acceptors (Lipinski definition) is 2. The van der Waals surface area contributed by atoms with Crippen LogP contribution in [0.25, 0.3) is 0 Å². The summed E-state index contributed by atoms with van der Waals surface area (Å²) in [4.78, 5) is 3.85. The fourth-order valence-electron chi connectivity index (χ4n) is 0.742. The molecule has 0 saturated carbocycles. The van der Waals surface area contributed by atoms with E-state index in [1.807, 2.05) is 33.8 Å². The molecule has 0 aliphatic carbocycles. The highest BCUT2D eigenvalue weighted by molar-refractivity contribution is 6.08. The predicted molar refractivity (Wildman–Crippen MR) is 55.6 cm³/mol. The van der Waals surface area contributed by atoms with Crippen LogP contribution in [0.2, 0.25) is 4.55 Å². The van der Waals surface area contributed by atoms with Gasteiger partial charge in [0.25, 0.3) is 4.55 Å². The first-order valence-corrected chi connectivity index (χ1v) is 5.65. The Morgan fingerprint density at radius 3 is 2.46 bits per heavy atom. The van der Waals surface area contributed by atoms with Crippen molar-refractivity contribution in [3.05, 3.63) is 30.1 Å². The molecule has 0 saturated heterocycles. The molecule has 7 radical (unpaired) electrons. The van der Waals surface area contributed by atoms with E-state index in [0.29, 0.717) is 5.69 Å². The standard InChI is InChI=1S/C6H7NO.C4H9.Mg/c8-5-6-3-1-2-4-7-6;1-3-4-2;/h1-4,8H,5H2;1,3-4H2,2H3;/q;;+2. The van der Waals surface area contributed by atoms with E-state index in [0.717, 1.165) is 0 Å². The predicted octanol–water partition coefficient (Wildman–Crippen LogP) is 1.95. The molecule has 2 nitrogen and oxygen atoms in total. The van der Waals surface area contributed by atoms with Gasteiger partial charge in [-0.05, 0) is 18.6 Å². The summed E-state index contributed by atoms with van der Waals surface area (Å²) in [5.41, 5.74) is 0.715. The molecule has 0 spiro atoms. The van der Waals surface area contributed by atoms with E-state index in [1.54, 1.807) is 12.3 Å². The first-order chi connectivity index (χ1) is 6.35. The van der Waals surface area contributed by atoms with Gasteiger partial charge in [0.15, 0.2) is 0 Å². The molecule has 0 atom stereocenters. The van der Waals surface area contributed by atoms with Gasteiger partial charge in [-0.25, -0.2) is 0 Å². The highest BCUT2D eigenvalue weighted by Crippen LogP contribution is 1.89. The molecule has 1 aromatic heterocycles. The molecular weight excluding hydrogens is 174 g/mol. The highest BCUT2D eigenvalue weighted by atomic mass is 24.4. The summed E-state index contributed by atoms with van der Waals surface area (Å²) in [6, 6.07) is 5.44. The van der Waals surface area contributed by atoms with E-state index in [2.05, 4.69) is 11.9 Å². The number of pyridine rings is 1. The van der Waals surface area contributed by atoms with Gasteiger partial charge in [-0.15, -0.1) is 0 Å². The molecule has 1 aromatic rings. The summed E-state index contributed by atoms with van der Waals surface area (Å²) in [5, 5.41) is 8.48. The first kappa shape index (κ1) is 12.9. The molecule has 13 heavy (non-hydrogen) atoms. The summed E-state index contributed by atoms with van der Waals surface area (Å²) in [6.07, 6.45) is 4.41. The van der Waals surface area contributed by atoms with Gasteiger partial charge < -0.3 is 5.11 Å². The average molecular weight is 191 g/mol. The van der Waals surface area contributed by atoms with Gasteiger partial charge in [0, 0.05) is 12.6 Å². The molecule has 3 heteroatoms. The lowest BCUT2D eigenvalue weighted by Crippen LogP contribution is -1.84. The lowest BCUT2D eigenvalue weighted by atomic mass is 10.4. The van der Waals surface area contributed by atoms with Gasteiger partial charge in [0.2, 0.25) is 0 Å². The Kier molecular flexibility index (Phi) is 9.87. The molecule has 0 fully saturated rings. The molecule has 0 amide bonds. The van der Waals surface area contributed by atoms with E-state index in [9.17, 15) is 0 Å². The molecule has 0 bridgehead atoms. The summed E-state index contributed by atoms with van der Waals surface area (Å²) in [7, 11) is 0. The van der Waals surface area contributed by atoms with Crippen LogP contribution in [-0.2, 0) is 6.61 Å². The number of aromatic nitrogens is 1. The van der Waals surface area contributed by atoms with Crippen molar-refractivity contribution in [1.82, 2.24) is 4.98 Å². The van der Waals surface area contributed by atoms with E-state index < -0.39 is 0 Å². The minimum absolute atomic E-state index is 0.0286. The molecule has 0 aliphatic rings. The molecule has 0 aliphatic heterocycles. The van der Waals surface area contributed by atoms with E-state index in [4.69, 9.17) is 5.11 Å². The van der Waals surface area contributed by atoms with Crippen LogP contribution >= 0.6 is 0 Å². The maximum atomic E-state index is 8.48. The van der Waals surface area contributed by atoms with Crippen molar-refractivity contribution in [2.45, 2.75) is 30.9 Å². The van der Waals surface area contributed by atoms with Crippen LogP contribution in [0.15, 0.2) is 24.4 Å². The zero-order valence-electron chi connectivity index (χ0n) is 8.24. The Labute approximate surface area is 92.8 Å². The number of aliphatic hydroxyl groups is 1. The first-order valence-electron chi connectivity index (χ1n) is 4.65. The quantitative estimate of drug-likeness (QED) is 0.739. The number of rotatable bonds is 3. The molecule has 1 N–H and O–H groups in total. The largest absolute Gasteiger partial charge is 1.41 e. The fraction of sp³-hybridized carbons (Fsp3) is 0.500. The molecule has 1 rings (SSSR count). The third-order valence-electron chi connectivity index (χ3n) is 1.49. The SMILES string of the molecule is CCC[CH2][Mg+2].OCc1ccccn1. The number of nitrogens with zero attached hydrogens (tertiary/aromatic N) is 1. The Bertz CT molecular complexity index is 189. The second-order valence-corrected chi connectivity index (χ2v) is 3.39. The number of hydrogen-bond donors (Lipinski definition) is 1. The normalized spacial score (nSPS) is 8.85. The number of unbranched alkanes of at least 4 members (excludes halogenated alkanes) is 1. The van der Waals surface area contributed by atoms with Gasteiger partial charge in [-0.1, -0.05) is 13.0 Å². The van der Waals surface area contributed by atoms with Crippen LogP contribution < -0.4 is 0 Å². The third kappa shape index (κ3) is 8.21. The Morgan fingerprint density at radius 1 is 1.46 bits per heavy atom. The average Bonchev–Trinajstić information content (AvgIpc) is 2.21. The van der Waals surface area contributed by atoms with E-state index >= 15 is 0 Å². The van der Waals surface area contributed by atoms with Gasteiger partial charge in [0.1, 0.15) is 0 Å². The van der Waals surface area contributed by atoms with Gasteiger partial charge in [-0.2, -0.15) is 0 Å². The van der Waals surface area contributed by atoms with Crippen LogP contribution in [0.4, 0.5) is 0 Å². The van der Waals surface area contributed by atoms with Gasteiger partial charge >= 0.3 is 21.7 Å². The minimum atomic E-state index is 0.0286. The maximum Gasteiger partial charge on any atom is 1.41 e. The van der Waals surface area contributed by atoms with Crippen molar-refractivity contribution in [2.75, 3.05) is 0 Å². The van der Waals surface area contributed by atoms with Crippen molar-refractivity contribution in [1.29, 1.82) is 0 Å². The Morgan fingerprint density at radius 2 is 2.23 bits per heavy atom. The third-order valence-corrected chi connectivity index (χ3v) is 1.99. The summed E-state index contributed by atoms with van der Waals surface area (Å²) < 4.78 is 1.37. The summed E-state index contributed by atoms with van der Waals surface area (Å²) in [5.74, 6) is 0. The van der Waals surface area contributed by atoms with Crippen LogP contribution in [0.5, 0.6) is 0 Å². The van der Waals surface area contributed by atoms with Crippen LogP contribution in [-0.4, -0.2) is 31.8 Å². The molecular formula is C10H16MgNO+2. The van der Waals surface area contributed by atoms with Gasteiger partial charge in [0.05, 0.1) is 12.3 Å². The number of aliphatic hydroxyl groups excluding tert-OH is 1. The molecule has 0 aromatic carbocycles. The van der Waals surface area contributed by atoms with Crippen LogP contribution in [0.1, 0.15) is 25.5 Å². The minimum Gasteiger partial charge on any atom is -0.390 e. The van der Waals surface area contributed by atoms with Crippen molar-refractivity contribution >= 4 is 21.7 Å². The second-order valence-electron chi connectivity index (χ2n) is 2.69. The topological polar surface area (TPSA) is 33.1 Å². The van der Waals surface area contributed by atoms with E-state index in [1.165, 1.54) is 17.4 Å². The summed E-state index contributed by atoms with van der Waals surface area (Å²) >= 11 is 2.05. The van der Waals surface area contributed by atoms with Crippen molar-refractivity contribution < 1.29 is 5.11 Å². The molecule has 67 valence electrons. The van der Waals surface area contributed by atoms with Crippen molar-refractivity contribution in [3.63, 3.8) is 0 Å². The van der Waals surface area contributed by atoms with Crippen molar-refractivity contribution in [2.24, 2.45) is 0 Å². The van der Waals surface area contributed by atoms with Gasteiger partial charge in [-0.3, -0.25) is 4.98 Å². The lowest BCUT2D eigenvalue weighted by molar-refractivity contribution is 0.277. The zero-order valence-corrected chi connectivity index (χ0v) is 9.65. The Balaban J connectivity index is 0.000000252. The zero-order chi connectivity index (χ0) is 9.94. The monoisotopic (exact) mass is 190 g/mol. The Hall–Kier alpha value is -0.124. The second kappa shape index (κ2) is 9.96.